The molecule has 86 valence electrons. The molecule has 1 rings (SSSR count). The summed E-state index contributed by atoms with van der Waals surface area (Å²) in [4.78, 5) is 2.30. The lowest BCUT2D eigenvalue weighted by Crippen LogP contribution is -2.43. The van der Waals surface area contributed by atoms with Gasteiger partial charge < -0.3 is 5.32 Å². The van der Waals surface area contributed by atoms with Crippen LogP contribution in [0.1, 0.15) is 33.6 Å². The normalized spacial score (nSPS) is 23.3. The zero-order valence-electron chi connectivity index (χ0n) is 10.2. The van der Waals surface area contributed by atoms with Crippen LogP contribution in [-0.2, 0) is 0 Å². The van der Waals surface area contributed by atoms with Gasteiger partial charge in [0.2, 0.25) is 0 Å². The number of hydrogen-bond acceptors (Lipinski definition) is 3. The van der Waals surface area contributed by atoms with E-state index in [1.54, 1.807) is 0 Å². The molecule has 1 aliphatic heterocycles. The van der Waals surface area contributed by atoms with E-state index in [1.807, 2.05) is 6.92 Å². The van der Waals surface area contributed by atoms with Crippen molar-refractivity contribution in [3.05, 3.63) is 0 Å². The molecule has 0 bridgehead atoms. The van der Waals surface area contributed by atoms with Gasteiger partial charge in [-0.15, -0.1) is 0 Å². The third kappa shape index (κ3) is 4.19. The van der Waals surface area contributed by atoms with Gasteiger partial charge in [-0.25, -0.2) is 0 Å². The van der Waals surface area contributed by atoms with Crippen molar-refractivity contribution in [3.63, 3.8) is 0 Å². The SMILES string of the molecule is CC(C)CN(CC1CCCN1)C(C)C#N. The zero-order valence-corrected chi connectivity index (χ0v) is 10.2. The van der Waals surface area contributed by atoms with Crippen molar-refractivity contribution in [1.82, 2.24) is 10.2 Å². The fourth-order valence-electron chi connectivity index (χ4n) is 2.14. The molecule has 0 saturated carbocycles. The minimum atomic E-state index is 0.0369. The highest BCUT2D eigenvalue weighted by atomic mass is 15.2. The molecule has 1 heterocycles. The van der Waals surface area contributed by atoms with Gasteiger partial charge in [-0.05, 0) is 32.2 Å². The Labute approximate surface area is 93.5 Å². The van der Waals surface area contributed by atoms with E-state index in [2.05, 4.69) is 30.1 Å². The molecule has 3 nitrogen and oxygen atoms in total. The average molecular weight is 209 g/mol. The molecular weight excluding hydrogens is 186 g/mol. The summed E-state index contributed by atoms with van der Waals surface area (Å²) in [6.45, 7) is 9.59. The van der Waals surface area contributed by atoms with E-state index < -0.39 is 0 Å². The van der Waals surface area contributed by atoms with Gasteiger partial charge in [-0.3, -0.25) is 4.90 Å². The topological polar surface area (TPSA) is 39.1 Å². The molecule has 0 radical (unpaired) electrons. The molecule has 0 aromatic rings. The van der Waals surface area contributed by atoms with Crippen molar-refractivity contribution in [3.8, 4) is 6.07 Å². The Balaban J connectivity index is 2.44. The lowest BCUT2D eigenvalue weighted by atomic mass is 10.1. The molecule has 15 heavy (non-hydrogen) atoms. The fraction of sp³-hybridized carbons (Fsp3) is 0.917. The summed E-state index contributed by atoms with van der Waals surface area (Å²) in [5.41, 5.74) is 0. The summed E-state index contributed by atoms with van der Waals surface area (Å²) in [7, 11) is 0. The summed E-state index contributed by atoms with van der Waals surface area (Å²) in [6.07, 6.45) is 2.54. The van der Waals surface area contributed by atoms with Gasteiger partial charge in [-0.2, -0.15) is 5.26 Å². The fourth-order valence-corrected chi connectivity index (χ4v) is 2.14. The predicted molar refractivity (Wildman–Crippen MR) is 62.5 cm³/mol. The first-order valence-corrected chi connectivity index (χ1v) is 6.00. The molecule has 2 unspecified atom stereocenters. The van der Waals surface area contributed by atoms with Crippen LogP contribution in [0.3, 0.4) is 0 Å². The largest absolute Gasteiger partial charge is 0.313 e. The summed E-state index contributed by atoms with van der Waals surface area (Å²) < 4.78 is 0. The number of rotatable bonds is 5. The first kappa shape index (κ1) is 12.5. The van der Waals surface area contributed by atoms with E-state index in [0.717, 1.165) is 19.6 Å². The van der Waals surface area contributed by atoms with Crippen molar-refractivity contribution < 1.29 is 0 Å². The van der Waals surface area contributed by atoms with E-state index in [9.17, 15) is 0 Å². The highest BCUT2D eigenvalue weighted by molar-refractivity contribution is 4.91. The first-order chi connectivity index (χ1) is 7.13. The van der Waals surface area contributed by atoms with Crippen LogP contribution in [0.2, 0.25) is 0 Å². The summed E-state index contributed by atoms with van der Waals surface area (Å²) in [5.74, 6) is 0.627. The van der Waals surface area contributed by atoms with Crippen LogP contribution in [0.5, 0.6) is 0 Å². The molecular formula is C12H23N3. The highest BCUT2D eigenvalue weighted by Crippen LogP contribution is 2.11. The van der Waals surface area contributed by atoms with Gasteiger partial charge in [0.25, 0.3) is 0 Å². The molecule has 0 aromatic carbocycles. The van der Waals surface area contributed by atoms with Crippen molar-refractivity contribution in [2.24, 2.45) is 5.92 Å². The number of nitriles is 1. The number of nitrogens with one attached hydrogen (secondary N) is 1. The molecule has 1 saturated heterocycles. The Morgan fingerprint density at radius 3 is 2.67 bits per heavy atom. The molecule has 0 spiro atoms. The van der Waals surface area contributed by atoms with Crippen LogP contribution in [0, 0.1) is 17.2 Å². The Morgan fingerprint density at radius 2 is 2.20 bits per heavy atom. The molecule has 1 N–H and O–H groups in total. The number of hydrogen-bond donors (Lipinski definition) is 1. The van der Waals surface area contributed by atoms with Gasteiger partial charge in [0, 0.05) is 19.1 Å². The minimum Gasteiger partial charge on any atom is -0.313 e. The van der Waals surface area contributed by atoms with Gasteiger partial charge in [0.05, 0.1) is 12.1 Å². The van der Waals surface area contributed by atoms with Crippen LogP contribution in [0.25, 0.3) is 0 Å². The van der Waals surface area contributed by atoms with Crippen LogP contribution in [-0.4, -0.2) is 36.6 Å². The summed E-state index contributed by atoms with van der Waals surface area (Å²) in [5, 5.41) is 12.5. The monoisotopic (exact) mass is 209 g/mol. The second-order valence-corrected chi connectivity index (χ2v) is 4.95. The Hall–Kier alpha value is -0.590. The van der Waals surface area contributed by atoms with Crippen molar-refractivity contribution in [2.45, 2.75) is 45.7 Å². The van der Waals surface area contributed by atoms with Gasteiger partial charge in [0.15, 0.2) is 0 Å². The molecule has 1 fully saturated rings. The van der Waals surface area contributed by atoms with E-state index in [0.29, 0.717) is 12.0 Å². The second-order valence-electron chi connectivity index (χ2n) is 4.95. The van der Waals surface area contributed by atoms with E-state index in [4.69, 9.17) is 5.26 Å². The van der Waals surface area contributed by atoms with Crippen molar-refractivity contribution in [2.75, 3.05) is 19.6 Å². The number of nitrogens with zero attached hydrogens (tertiary/aromatic N) is 2. The Bertz CT molecular complexity index is 213. The third-order valence-corrected chi connectivity index (χ3v) is 2.95. The van der Waals surface area contributed by atoms with Gasteiger partial charge >= 0.3 is 0 Å². The molecule has 3 heteroatoms. The average Bonchev–Trinajstić information content (AvgIpc) is 2.67. The molecule has 0 amide bonds. The predicted octanol–water partition coefficient (Wildman–Crippen LogP) is 1.61. The Kier molecular flexibility index (Phi) is 5.07. The maximum Gasteiger partial charge on any atom is 0.0949 e. The van der Waals surface area contributed by atoms with E-state index in [-0.39, 0.29) is 6.04 Å². The smallest absolute Gasteiger partial charge is 0.0949 e. The van der Waals surface area contributed by atoms with Crippen molar-refractivity contribution in [1.29, 1.82) is 5.26 Å². The van der Waals surface area contributed by atoms with Gasteiger partial charge in [-0.1, -0.05) is 13.8 Å². The lowest BCUT2D eigenvalue weighted by Gasteiger charge is -2.29. The maximum atomic E-state index is 8.98. The van der Waals surface area contributed by atoms with Crippen LogP contribution < -0.4 is 5.32 Å². The first-order valence-electron chi connectivity index (χ1n) is 6.00. The van der Waals surface area contributed by atoms with Crippen LogP contribution in [0.4, 0.5) is 0 Å². The lowest BCUT2D eigenvalue weighted by molar-refractivity contribution is 0.201. The third-order valence-electron chi connectivity index (χ3n) is 2.95. The minimum absolute atomic E-state index is 0.0369. The van der Waals surface area contributed by atoms with E-state index in [1.165, 1.54) is 12.8 Å². The quantitative estimate of drug-likeness (QED) is 0.747. The van der Waals surface area contributed by atoms with E-state index >= 15 is 0 Å². The second kappa shape index (κ2) is 6.09. The highest BCUT2D eigenvalue weighted by Gasteiger charge is 2.21. The summed E-state index contributed by atoms with van der Waals surface area (Å²) >= 11 is 0. The van der Waals surface area contributed by atoms with Gasteiger partial charge in [0.1, 0.15) is 0 Å². The standard InChI is InChI=1S/C12H23N3/c1-10(2)8-15(11(3)7-13)9-12-5-4-6-14-12/h10-12,14H,4-6,8-9H2,1-3H3. The molecule has 1 aliphatic rings. The molecule has 0 aliphatic carbocycles. The summed E-state index contributed by atoms with van der Waals surface area (Å²) in [6, 6.07) is 2.98. The molecule has 0 aromatic heterocycles. The van der Waals surface area contributed by atoms with Crippen LogP contribution in [0.15, 0.2) is 0 Å². The van der Waals surface area contributed by atoms with Crippen LogP contribution >= 0.6 is 0 Å². The van der Waals surface area contributed by atoms with Crippen molar-refractivity contribution >= 4 is 0 Å². The molecule has 2 atom stereocenters. The maximum absolute atomic E-state index is 8.98. The zero-order chi connectivity index (χ0) is 11.3. The Morgan fingerprint density at radius 1 is 1.47 bits per heavy atom.